The lowest BCUT2D eigenvalue weighted by molar-refractivity contribution is 0.0528. The molecule has 2 aromatic heterocycles. The van der Waals surface area contributed by atoms with Gasteiger partial charge in [0.1, 0.15) is 12.9 Å². The van der Waals surface area contributed by atoms with Gasteiger partial charge in [-0.3, -0.25) is 4.57 Å². The second-order valence-electron chi connectivity index (χ2n) is 3.61. The van der Waals surface area contributed by atoms with Crippen molar-refractivity contribution in [1.29, 1.82) is 0 Å². The number of ether oxygens (including phenoxy) is 3. The van der Waals surface area contributed by atoms with Crippen LogP contribution in [0.3, 0.4) is 0 Å². The maximum atomic E-state index is 5.82. The molecule has 0 radical (unpaired) electrons. The van der Waals surface area contributed by atoms with Crippen molar-refractivity contribution in [1.82, 2.24) is 24.5 Å². The Hall–Kier alpha value is -1.77. The number of imidazole rings is 1. The highest BCUT2D eigenvalue weighted by molar-refractivity contribution is 6.28. The SMILES string of the molecule is COCCOCCOc1nc(Cl)nc(-n2ccnc2)n1. The van der Waals surface area contributed by atoms with Gasteiger partial charge in [-0.1, -0.05) is 0 Å². The predicted molar refractivity (Wildman–Crippen MR) is 70.1 cm³/mol. The van der Waals surface area contributed by atoms with Crippen LogP contribution in [-0.2, 0) is 9.47 Å². The van der Waals surface area contributed by atoms with Gasteiger partial charge in [-0.05, 0) is 11.6 Å². The fraction of sp³-hybridized carbons (Fsp3) is 0.455. The standard InChI is InChI=1S/C11H14ClN5O3/c1-18-4-5-19-6-7-20-11-15-9(12)14-10(16-11)17-3-2-13-8-17/h2-3,8H,4-7H2,1H3. The van der Waals surface area contributed by atoms with Gasteiger partial charge in [0.05, 0.1) is 19.8 Å². The monoisotopic (exact) mass is 299 g/mol. The normalized spacial score (nSPS) is 10.7. The van der Waals surface area contributed by atoms with Gasteiger partial charge >= 0.3 is 6.01 Å². The first kappa shape index (κ1) is 14.6. The van der Waals surface area contributed by atoms with Crippen LogP contribution in [0.4, 0.5) is 0 Å². The van der Waals surface area contributed by atoms with Crippen LogP contribution in [0.1, 0.15) is 0 Å². The first-order valence-corrected chi connectivity index (χ1v) is 6.27. The summed E-state index contributed by atoms with van der Waals surface area (Å²) in [5.74, 6) is 0.345. The molecule has 0 unspecified atom stereocenters. The summed E-state index contributed by atoms with van der Waals surface area (Å²) in [7, 11) is 1.62. The van der Waals surface area contributed by atoms with Crippen molar-refractivity contribution in [2.24, 2.45) is 0 Å². The second-order valence-corrected chi connectivity index (χ2v) is 3.95. The van der Waals surface area contributed by atoms with E-state index in [9.17, 15) is 0 Å². The van der Waals surface area contributed by atoms with Gasteiger partial charge in [0, 0.05) is 19.5 Å². The van der Waals surface area contributed by atoms with Gasteiger partial charge in [0.25, 0.3) is 0 Å². The number of hydrogen-bond donors (Lipinski definition) is 0. The lowest BCUT2D eigenvalue weighted by atomic mass is 10.7. The third-order valence-electron chi connectivity index (χ3n) is 2.20. The minimum atomic E-state index is 0.0546. The Balaban J connectivity index is 1.88. The summed E-state index contributed by atoms with van der Waals surface area (Å²) in [6, 6.07) is 0.143. The van der Waals surface area contributed by atoms with E-state index >= 15 is 0 Å². The van der Waals surface area contributed by atoms with Crippen LogP contribution in [0.5, 0.6) is 6.01 Å². The minimum Gasteiger partial charge on any atom is -0.461 e. The minimum absolute atomic E-state index is 0.0546. The van der Waals surface area contributed by atoms with Crippen LogP contribution < -0.4 is 4.74 Å². The average molecular weight is 300 g/mol. The maximum Gasteiger partial charge on any atom is 0.322 e. The van der Waals surface area contributed by atoms with Gasteiger partial charge in [0.2, 0.25) is 11.2 Å². The molecule has 9 heteroatoms. The highest BCUT2D eigenvalue weighted by Crippen LogP contribution is 2.10. The number of nitrogens with zero attached hydrogens (tertiary/aromatic N) is 5. The molecule has 0 spiro atoms. The zero-order chi connectivity index (χ0) is 14.2. The Bertz CT molecular complexity index is 523. The Morgan fingerprint density at radius 1 is 1.15 bits per heavy atom. The molecule has 0 fully saturated rings. The summed E-state index contributed by atoms with van der Waals surface area (Å²) >= 11 is 5.82. The van der Waals surface area contributed by atoms with Crippen LogP contribution in [0.2, 0.25) is 5.28 Å². The van der Waals surface area contributed by atoms with E-state index in [-0.39, 0.29) is 11.3 Å². The molecular weight excluding hydrogens is 286 g/mol. The molecule has 0 aliphatic carbocycles. The van der Waals surface area contributed by atoms with Crippen LogP contribution in [0.15, 0.2) is 18.7 Å². The quantitative estimate of drug-likeness (QED) is 0.665. The molecule has 108 valence electrons. The van der Waals surface area contributed by atoms with Crippen molar-refractivity contribution in [3.63, 3.8) is 0 Å². The topological polar surface area (TPSA) is 84.2 Å². The van der Waals surface area contributed by atoms with Crippen molar-refractivity contribution < 1.29 is 14.2 Å². The van der Waals surface area contributed by atoms with E-state index in [1.54, 1.807) is 30.4 Å². The highest BCUT2D eigenvalue weighted by atomic mass is 35.5. The largest absolute Gasteiger partial charge is 0.461 e. The third kappa shape index (κ3) is 4.41. The molecule has 0 aliphatic heterocycles. The fourth-order valence-electron chi connectivity index (χ4n) is 1.32. The molecule has 0 saturated carbocycles. The summed E-state index contributed by atoms with van der Waals surface area (Å²) in [4.78, 5) is 15.9. The summed E-state index contributed by atoms with van der Waals surface area (Å²) in [6.45, 7) is 1.78. The van der Waals surface area contributed by atoms with Crippen molar-refractivity contribution in [2.45, 2.75) is 0 Å². The van der Waals surface area contributed by atoms with E-state index in [1.807, 2.05) is 0 Å². The van der Waals surface area contributed by atoms with E-state index in [0.717, 1.165) is 0 Å². The van der Waals surface area contributed by atoms with Crippen molar-refractivity contribution in [2.75, 3.05) is 33.5 Å². The summed E-state index contributed by atoms with van der Waals surface area (Å²) in [5, 5.41) is 0.0546. The van der Waals surface area contributed by atoms with E-state index in [2.05, 4.69) is 19.9 Å². The van der Waals surface area contributed by atoms with E-state index < -0.39 is 0 Å². The Morgan fingerprint density at radius 3 is 2.75 bits per heavy atom. The molecule has 0 aromatic carbocycles. The smallest absolute Gasteiger partial charge is 0.322 e. The number of rotatable bonds is 8. The molecule has 0 aliphatic rings. The molecule has 2 aromatic rings. The van der Waals surface area contributed by atoms with Crippen molar-refractivity contribution in [3.05, 3.63) is 24.0 Å². The lowest BCUT2D eigenvalue weighted by Crippen LogP contribution is -2.12. The van der Waals surface area contributed by atoms with Crippen LogP contribution in [0, 0.1) is 0 Å². The molecule has 0 bridgehead atoms. The molecule has 2 rings (SSSR count). The van der Waals surface area contributed by atoms with E-state index in [4.69, 9.17) is 25.8 Å². The molecule has 0 amide bonds. The van der Waals surface area contributed by atoms with Gasteiger partial charge < -0.3 is 14.2 Å². The fourth-order valence-corrected chi connectivity index (χ4v) is 1.46. The van der Waals surface area contributed by atoms with Crippen LogP contribution >= 0.6 is 11.6 Å². The third-order valence-corrected chi connectivity index (χ3v) is 2.37. The number of methoxy groups -OCH3 is 1. The second kappa shape index (κ2) is 7.73. The summed E-state index contributed by atoms with van der Waals surface area (Å²) in [5.41, 5.74) is 0. The first-order chi connectivity index (χ1) is 9.79. The maximum absolute atomic E-state index is 5.82. The van der Waals surface area contributed by atoms with Gasteiger partial charge in [-0.2, -0.15) is 15.0 Å². The lowest BCUT2D eigenvalue weighted by Gasteiger charge is -2.07. The molecule has 0 saturated heterocycles. The highest BCUT2D eigenvalue weighted by Gasteiger charge is 2.07. The number of halogens is 1. The van der Waals surface area contributed by atoms with Crippen LogP contribution in [-0.4, -0.2) is 58.0 Å². The molecule has 0 atom stereocenters. The van der Waals surface area contributed by atoms with Gasteiger partial charge in [0.15, 0.2) is 0 Å². The first-order valence-electron chi connectivity index (χ1n) is 5.89. The van der Waals surface area contributed by atoms with E-state index in [1.165, 1.54) is 0 Å². The average Bonchev–Trinajstić information content (AvgIpc) is 2.96. The number of hydrogen-bond acceptors (Lipinski definition) is 7. The van der Waals surface area contributed by atoms with Gasteiger partial charge in [-0.15, -0.1) is 0 Å². The zero-order valence-corrected chi connectivity index (χ0v) is 11.7. The van der Waals surface area contributed by atoms with Crippen molar-refractivity contribution in [3.8, 4) is 12.0 Å². The molecule has 0 N–H and O–H groups in total. The Kier molecular flexibility index (Phi) is 5.66. The number of aromatic nitrogens is 5. The van der Waals surface area contributed by atoms with Gasteiger partial charge in [-0.25, -0.2) is 4.98 Å². The molecule has 8 nitrogen and oxygen atoms in total. The van der Waals surface area contributed by atoms with Crippen LogP contribution in [0.25, 0.3) is 5.95 Å². The van der Waals surface area contributed by atoms with E-state index in [0.29, 0.717) is 32.4 Å². The van der Waals surface area contributed by atoms with Crippen molar-refractivity contribution >= 4 is 11.6 Å². The zero-order valence-electron chi connectivity index (χ0n) is 10.9. The Labute approximate surface area is 120 Å². The molecule has 2 heterocycles. The summed E-state index contributed by atoms with van der Waals surface area (Å²) in [6.07, 6.45) is 4.87. The predicted octanol–water partition coefficient (Wildman–Crippen LogP) is 0.752. The molecule has 20 heavy (non-hydrogen) atoms. The Morgan fingerprint density at radius 2 is 2.00 bits per heavy atom. The molecular formula is C11H14ClN5O3. The summed E-state index contributed by atoms with van der Waals surface area (Å²) < 4.78 is 17.1.